The molecular weight excluding hydrogens is 424 g/mol. The third-order valence-corrected chi connectivity index (χ3v) is 6.67. The molecule has 0 radical (unpaired) electrons. The summed E-state index contributed by atoms with van der Waals surface area (Å²) in [5.74, 6) is 0.0494. The van der Waals surface area contributed by atoms with Crippen LogP contribution in [0.25, 0.3) is 0 Å². The number of aromatic carboxylic acids is 1. The zero-order valence-corrected chi connectivity index (χ0v) is 19.9. The molecule has 5 nitrogen and oxygen atoms in total. The summed E-state index contributed by atoms with van der Waals surface area (Å²) in [7, 11) is 2.19. The van der Waals surface area contributed by atoms with Crippen molar-refractivity contribution in [3.05, 3.63) is 101 Å². The molecule has 0 aliphatic carbocycles. The van der Waals surface area contributed by atoms with E-state index in [0.29, 0.717) is 18.2 Å². The molecule has 1 saturated heterocycles. The fourth-order valence-corrected chi connectivity index (χ4v) is 4.55. The van der Waals surface area contributed by atoms with Gasteiger partial charge in [0.25, 0.3) is 0 Å². The zero-order valence-electron chi connectivity index (χ0n) is 19.9. The van der Waals surface area contributed by atoms with E-state index in [-0.39, 0.29) is 0 Å². The number of likely N-dealkylation sites (N-methyl/N-ethyl adjacent to an activating group) is 1. The predicted octanol–water partition coefficient (Wildman–Crippen LogP) is 4.95. The van der Waals surface area contributed by atoms with Gasteiger partial charge in [-0.25, -0.2) is 4.79 Å². The first kappa shape index (κ1) is 24.0. The average Bonchev–Trinajstić information content (AvgIpc) is 2.86. The average molecular weight is 459 g/mol. The van der Waals surface area contributed by atoms with E-state index < -0.39 is 5.97 Å². The standard InChI is InChI=1S/C29H34N2O3/c1-30(19-20-34-28-13-9-24(10-14-28)21-23-5-3-2-4-6-23)27-15-17-31(18-16-27)22-25-7-11-26(12-8-25)29(32)33/h2-14,27H,15-22H2,1H3,(H,32,33). The lowest BCUT2D eigenvalue weighted by Crippen LogP contribution is -2.44. The van der Waals surface area contributed by atoms with Crippen LogP contribution in [0.2, 0.25) is 0 Å². The van der Waals surface area contributed by atoms with E-state index in [9.17, 15) is 4.79 Å². The van der Waals surface area contributed by atoms with Gasteiger partial charge in [0.2, 0.25) is 0 Å². The number of hydrogen-bond donors (Lipinski definition) is 1. The molecule has 1 aliphatic rings. The van der Waals surface area contributed by atoms with Crippen LogP contribution in [-0.4, -0.2) is 60.2 Å². The maximum absolute atomic E-state index is 11.0. The number of hydrogen-bond acceptors (Lipinski definition) is 4. The van der Waals surface area contributed by atoms with Crippen molar-refractivity contribution in [2.45, 2.75) is 31.8 Å². The number of carboxylic acid groups (broad SMARTS) is 1. The van der Waals surface area contributed by atoms with Crippen molar-refractivity contribution < 1.29 is 14.6 Å². The SMILES string of the molecule is CN(CCOc1ccc(Cc2ccccc2)cc1)C1CCN(Cc2ccc(C(=O)O)cc2)CC1. The van der Waals surface area contributed by atoms with E-state index in [1.165, 1.54) is 16.7 Å². The molecule has 3 aromatic carbocycles. The van der Waals surface area contributed by atoms with Crippen molar-refractivity contribution in [3.8, 4) is 5.75 Å². The second kappa shape index (κ2) is 11.8. The molecule has 1 aliphatic heterocycles. The number of benzene rings is 3. The van der Waals surface area contributed by atoms with Crippen LogP contribution in [0.3, 0.4) is 0 Å². The molecule has 0 saturated carbocycles. The Balaban J connectivity index is 1.15. The van der Waals surface area contributed by atoms with Crippen LogP contribution >= 0.6 is 0 Å². The van der Waals surface area contributed by atoms with Gasteiger partial charge in [0.15, 0.2) is 0 Å². The number of ether oxygens (including phenoxy) is 1. The summed E-state index contributed by atoms with van der Waals surface area (Å²) in [6.45, 7) is 4.58. The van der Waals surface area contributed by atoms with E-state index in [1.54, 1.807) is 12.1 Å². The highest BCUT2D eigenvalue weighted by Crippen LogP contribution is 2.19. The minimum absolute atomic E-state index is 0.342. The highest BCUT2D eigenvalue weighted by Gasteiger charge is 2.22. The number of nitrogens with zero attached hydrogens (tertiary/aromatic N) is 2. The second-order valence-electron chi connectivity index (χ2n) is 9.14. The molecule has 0 spiro atoms. The van der Waals surface area contributed by atoms with E-state index in [2.05, 4.69) is 65.4 Å². The van der Waals surface area contributed by atoms with E-state index in [0.717, 1.165) is 51.2 Å². The Hall–Kier alpha value is -3.15. The largest absolute Gasteiger partial charge is 0.492 e. The van der Waals surface area contributed by atoms with Gasteiger partial charge in [-0.3, -0.25) is 9.80 Å². The minimum atomic E-state index is -0.876. The van der Waals surface area contributed by atoms with Gasteiger partial charge in [-0.2, -0.15) is 0 Å². The molecule has 4 rings (SSSR count). The van der Waals surface area contributed by atoms with Crippen molar-refractivity contribution in [2.75, 3.05) is 33.3 Å². The number of carboxylic acids is 1. The summed E-state index contributed by atoms with van der Waals surface area (Å²) in [5, 5.41) is 9.04. The number of piperidine rings is 1. The summed E-state index contributed by atoms with van der Waals surface area (Å²) in [5.41, 5.74) is 4.12. The monoisotopic (exact) mass is 458 g/mol. The van der Waals surface area contributed by atoms with Crippen LogP contribution in [0.1, 0.15) is 39.9 Å². The normalized spacial score (nSPS) is 14.9. The van der Waals surface area contributed by atoms with Gasteiger partial charge >= 0.3 is 5.97 Å². The Morgan fingerprint density at radius 2 is 1.53 bits per heavy atom. The maximum atomic E-state index is 11.0. The summed E-state index contributed by atoms with van der Waals surface area (Å²) >= 11 is 0. The molecule has 0 atom stereocenters. The smallest absolute Gasteiger partial charge is 0.335 e. The molecule has 5 heteroatoms. The minimum Gasteiger partial charge on any atom is -0.492 e. The van der Waals surface area contributed by atoms with Crippen LogP contribution in [0.4, 0.5) is 0 Å². The van der Waals surface area contributed by atoms with Crippen LogP contribution in [-0.2, 0) is 13.0 Å². The first-order valence-electron chi connectivity index (χ1n) is 12.1. The van der Waals surface area contributed by atoms with Crippen molar-refractivity contribution in [1.29, 1.82) is 0 Å². The van der Waals surface area contributed by atoms with Gasteiger partial charge in [0, 0.05) is 19.1 Å². The highest BCUT2D eigenvalue weighted by molar-refractivity contribution is 5.87. The van der Waals surface area contributed by atoms with Gasteiger partial charge in [-0.1, -0.05) is 54.6 Å². The van der Waals surface area contributed by atoms with Crippen LogP contribution in [0, 0.1) is 0 Å². The fourth-order valence-electron chi connectivity index (χ4n) is 4.55. The second-order valence-corrected chi connectivity index (χ2v) is 9.14. The lowest BCUT2D eigenvalue weighted by Gasteiger charge is -2.36. The van der Waals surface area contributed by atoms with Crippen molar-refractivity contribution in [2.24, 2.45) is 0 Å². The zero-order chi connectivity index (χ0) is 23.8. The van der Waals surface area contributed by atoms with E-state index in [4.69, 9.17) is 9.84 Å². The van der Waals surface area contributed by atoms with Crippen LogP contribution in [0.5, 0.6) is 5.75 Å². The lowest BCUT2D eigenvalue weighted by atomic mass is 10.0. The molecule has 1 N–H and O–H groups in total. The summed E-state index contributed by atoms with van der Waals surface area (Å²) in [6, 6.07) is 26.8. The highest BCUT2D eigenvalue weighted by atomic mass is 16.5. The molecule has 1 fully saturated rings. The Morgan fingerprint density at radius 1 is 0.912 bits per heavy atom. The van der Waals surface area contributed by atoms with Gasteiger partial charge in [-0.05, 0) is 80.4 Å². The summed E-state index contributed by atoms with van der Waals surface area (Å²) in [4.78, 5) is 15.9. The first-order chi connectivity index (χ1) is 16.6. The predicted molar refractivity (Wildman–Crippen MR) is 136 cm³/mol. The van der Waals surface area contributed by atoms with Crippen molar-refractivity contribution in [3.63, 3.8) is 0 Å². The molecule has 3 aromatic rings. The third-order valence-electron chi connectivity index (χ3n) is 6.67. The Kier molecular flexibility index (Phi) is 8.34. The van der Waals surface area contributed by atoms with E-state index >= 15 is 0 Å². The topological polar surface area (TPSA) is 53.0 Å². The molecule has 0 bridgehead atoms. The Morgan fingerprint density at radius 3 is 2.18 bits per heavy atom. The quantitative estimate of drug-likeness (QED) is 0.466. The van der Waals surface area contributed by atoms with Gasteiger partial charge in [-0.15, -0.1) is 0 Å². The maximum Gasteiger partial charge on any atom is 0.335 e. The first-order valence-corrected chi connectivity index (χ1v) is 12.1. The lowest BCUT2D eigenvalue weighted by molar-refractivity contribution is 0.0697. The van der Waals surface area contributed by atoms with Crippen molar-refractivity contribution in [1.82, 2.24) is 9.80 Å². The number of rotatable bonds is 10. The van der Waals surface area contributed by atoms with Gasteiger partial charge in [0.05, 0.1) is 5.56 Å². The van der Waals surface area contributed by atoms with Gasteiger partial charge in [0.1, 0.15) is 12.4 Å². The molecule has 1 heterocycles. The molecule has 0 aromatic heterocycles. The Labute approximate surface area is 202 Å². The Bertz CT molecular complexity index is 1030. The van der Waals surface area contributed by atoms with E-state index in [1.807, 2.05) is 18.2 Å². The molecule has 178 valence electrons. The molecule has 0 unspecified atom stereocenters. The number of carbonyl (C=O) groups is 1. The number of likely N-dealkylation sites (tertiary alicyclic amines) is 1. The summed E-state index contributed by atoms with van der Waals surface area (Å²) in [6.07, 6.45) is 3.21. The van der Waals surface area contributed by atoms with Crippen molar-refractivity contribution >= 4 is 5.97 Å². The van der Waals surface area contributed by atoms with Gasteiger partial charge < -0.3 is 9.84 Å². The fraction of sp³-hybridized carbons (Fsp3) is 0.345. The van der Waals surface area contributed by atoms with Crippen LogP contribution < -0.4 is 4.74 Å². The van der Waals surface area contributed by atoms with Crippen LogP contribution in [0.15, 0.2) is 78.9 Å². The molecule has 34 heavy (non-hydrogen) atoms. The molecule has 0 amide bonds. The molecular formula is C29H34N2O3. The third kappa shape index (κ3) is 6.92. The summed E-state index contributed by atoms with van der Waals surface area (Å²) < 4.78 is 6.01.